The van der Waals surface area contributed by atoms with Crippen LogP contribution in [0.1, 0.15) is 27.7 Å². The minimum Gasteiger partial charge on any atom is -0.328 e. The molecule has 3 aliphatic heterocycles. The third-order valence-corrected chi connectivity index (χ3v) is 3.26. The topological polar surface area (TPSA) is 95.7 Å². The number of carbonyl (C=O) groups excluding carboxylic acids is 1. The van der Waals surface area contributed by atoms with Crippen LogP contribution >= 0.6 is 0 Å². The van der Waals surface area contributed by atoms with E-state index >= 15 is 0 Å². The number of rotatable bonds is 0. The molecule has 3 fully saturated rings. The Balaban J connectivity index is 1.85. The molecule has 0 aromatic rings. The number of ether oxygens (including phenoxy) is 2. The molecule has 19 heavy (non-hydrogen) atoms. The Kier molecular flexibility index (Phi) is 2.47. The second kappa shape index (κ2) is 3.58. The number of amides is 2. The van der Waals surface area contributed by atoms with Gasteiger partial charge in [-0.25, -0.2) is 4.79 Å². The van der Waals surface area contributed by atoms with Crippen LogP contribution in [0.5, 0.6) is 0 Å². The molecule has 2 amide bonds. The molecule has 2 spiro atoms. The Labute approximate surface area is 112 Å². The van der Waals surface area contributed by atoms with Gasteiger partial charge in [-0.05, 0) is 27.7 Å². The smallest absolute Gasteiger partial charge is 0.323 e. The first-order chi connectivity index (χ1) is 8.64. The average molecular weight is 271 g/mol. The maximum absolute atomic E-state index is 11.9. The fraction of sp³-hybridized carbons (Fsp3) is 0.909. The van der Waals surface area contributed by atoms with E-state index in [-0.39, 0.29) is 17.1 Å². The van der Waals surface area contributed by atoms with Crippen LogP contribution in [0.2, 0.25) is 0 Å². The van der Waals surface area contributed by atoms with Gasteiger partial charge in [-0.15, -0.1) is 0 Å². The number of hydrogen-bond acceptors (Lipinski definition) is 6. The zero-order chi connectivity index (χ0) is 13.9. The predicted molar refractivity (Wildman–Crippen MR) is 66.6 cm³/mol. The summed E-state index contributed by atoms with van der Waals surface area (Å²) < 4.78 is 11.4. The molecule has 8 heteroatoms. The van der Waals surface area contributed by atoms with Gasteiger partial charge in [0.05, 0.1) is 13.2 Å². The summed E-state index contributed by atoms with van der Waals surface area (Å²) in [5, 5.41) is 15.0. The number of nitrogens with one attached hydrogen (secondary N) is 5. The Morgan fingerprint density at radius 1 is 0.842 bits per heavy atom. The molecule has 3 aliphatic rings. The van der Waals surface area contributed by atoms with Gasteiger partial charge in [0.1, 0.15) is 0 Å². The highest BCUT2D eigenvalue weighted by Crippen LogP contribution is 2.27. The first-order valence-corrected chi connectivity index (χ1v) is 6.40. The standard InChI is InChI=1S/C11H21N5O3/c1-8(2)5-18-10(14-8)12-7(17)13-11(16-10)15-9(3,4)6-19-11/h14-16H,5-6H2,1-4H3,(H2,12,13,17). The monoisotopic (exact) mass is 271 g/mol. The molecule has 0 bridgehead atoms. The summed E-state index contributed by atoms with van der Waals surface area (Å²) in [6.45, 7) is 8.93. The van der Waals surface area contributed by atoms with Crippen LogP contribution < -0.4 is 26.6 Å². The number of hydrogen-bond donors (Lipinski definition) is 5. The summed E-state index contributed by atoms with van der Waals surface area (Å²) >= 11 is 0. The van der Waals surface area contributed by atoms with E-state index in [9.17, 15) is 4.79 Å². The molecule has 2 atom stereocenters. The SMILES string of the molecule is CC1(C)COC2(NC(=O)NC3(NC(C)(C)CO3)N2)N1. The Morgan fingerprint density at radius 2 is 1.26 bits per heavy atom. The van der Waals surface area contributed by atoms with Gasteiger partial charge < -0.3 is 9.47 Å². The van der Waals surface area contributed by atoms with Crippen LogP contribution in [-0.2, 0) is 9.47 Å². The van der Waals surface area contributed by atoms with Gasteiger partial charge >= 0.3 is 6.03 Å². The van der Waals surface area contributed by atoms with E-state index in [4.69, 9.17) is 9.47 Å². The first-order valence-electron chi connectivity index (χ1n) is 6.40. The second-order valence-corrected chi connectivity index (χ2v) is 6.66. The maximum atomic E-state index is 11.9. The van der Waals surface area contributed by atoms with Gasteiger partial charge in [-0.2, -0.15) is 5.32 Å². The summed E-state index contributed by atoms with van der Waals surface area (Å²) in [6, 6.07) is -0.367. The van der Waals surface area contributed by atoms with E-state index in [0.29, 0.717) is 13.2 Å². The third-order valence-electron chi connectivity index (χ3n) is 3.26. The molecule has 3 saturated heterocycles. The molecule has 0 saturated carbocycles. The molecule has 0 aromatic heterocycles. The lowest BCUT2D eigenvalue weighted by Crippen LogP contribution is -2.86. The molecule has 0 aromatic carbocycles. The second-order valence-electron chi connectivity index (χ2n) is 6.66. The first kappa shape index (κ1) is 13.1. The van der Waals surface area contributed by atoms with E-state index in [1.54, 1.807) is 0 Å². The molecular formula is C11H21N5O3. The van der Waals surface area contributed by atoms with Crippen LogP contribution in [-0.4, -0.2) is 42.3 Å². The highest BCUT2D eigenvalue weighted by molar-refractivity contribution is 5.76. The van der Waals surface area contributed by atoms with Crippen LogP contribution in [0.3, 0.4) is 0 Å². The summed E-state index contributed by atoms with van der Waals surface area (Å²) in [4.78, 5) is 11.9. The zero-order valence-electron chi connectivity index (χ0n) is 11.6. The molecule has 108 valence electrons. The van der Waals surface area contributed by atoms with Gasteiger partial charge in [0.2, 0.25) is 0 Å². The molecule has 3 rings (SSSR count). The van der Waals surface area contributed by atoms with Crippen molar-refractivity contribution in [2.75, 3.05) is 13.2 Å². The molecule has 5 N–H and O–H groups in total. The normalized spacial score (nSPS) is 43.5. The molecule has 2 unspecified atom stereocenters. The summed E-state index contributed by atoms with van der Waals surface area (Å²) in [5.41, 5.74) is -0.486. The van der Waals surface area contributed by atoms with E-state index in [0.717, 1.165) is 0 Å². The van der Waals surface area contributed by atoms with Crippen molar-refractivity contribution in [3.63, 3.8) is 0 Å². The average Bonchev–Trinajstić information content (AvgIpc) is 2.63. The fourth-order valence-corrected chi connectivity index (χ4v) is 2.61. The van der Waals surface area contributed by atoms with E-state index < -0.39 is 11.9 Å². The third kappa shape index (κ3) is 2.30. The van der Waals surface area contributed by atoms with E-state index in [2.05, 4.69) is 26.6 Å². The number of carbonyl (C=O) groups is 1. The van der Waals surface area contributed by atoms with E-state index in [1.165, 1.54) is 0 Å². The van der Waals surface area contributed by atoms with Crippen LogP contribution in [0.25, 0.3) is 0 Å². The van der Waals surface area contributed by atoms with Crippen molar-refractivity contribution in [1.82, 2.24) is 26.6 Å². The lowest BCUT2D eigenvalue weighted by molar-refractivity contribution is -0.171. The van der Waals surface area contributed by atoms with Crippen LogP contribution in [0, 0.1) is 0 Å². The summed E-state index contributed by atoms with van der Waals surface area (Å²) in [7, 11) is 0. The highest BCUT2D eigenvalue weighted by atomic mass is 16.6. The van der Waals surface area contributed by atoms with Crippen molar-refractivity contribution in [3.8, 4) is 0 Å². The van der Waals surface area contributed by atoms with Gasteiger partial charge in [-0.1, -0.05) is 0 Å². The Hall–Kier alpha value is -0.930. The summed E-state index contributed by atoms with van der Waals surface area (Å²) in [5.74, 6) is -2.25. The summed E-state index contributed by atoms with van der Waals surface area (Å²) in [6.07, 6.45) is 0. The Bertz CT molecular complexity index is 391. The quantitative estimate of drug-likeness (QED) is 0.384. The predicted octanol–water partition coefficient (Wildman–Crippen LogP) is -1.09. The fourth-order valence-electron chi connectivity index (χ4n) is 2.61. The molecule has 0 aliphatic carbocycles. The minimum atomic E-state index is -1.13. The lowest BCUT2D eigenvalue weighted by atomic mass is 10.1. The van der Waals surface area contributed by atoms with Gasteiger partial charge in [0.25, 0.3) is 11.9 Å². The Morgan fingerprint density at radius 3 is 1.58 bits per heavy atom. The zero-order valence-corrected chi connectivity index (χ0v) is 11.6. The van der Waals surface area contributed by atoms with Crippen molar-refractivity contribution in [1.29, 1.82) is 0 Å². The van der Waals surface area contributed by atoms with Crippen molar-refractivity contribution >= 4 is 6.03 Å². The van der Waals surface area contributed by atoms with Crippen molar-refractivity contribution in [2.45, 2.75) is 50.7 Å². The van der Waals surface area contributed by atoms with Gasteiger partial charge in [-0.3, -0.25) is 21.3 Å². The van der Waals surface area contributed by atoms with Gasteiger partial charge in [0.15, 0.2) is 0 Å². The van der Waals surface area contributed by atoms with Crippen molar-refractivity contribution in [2.24, 2.45) is 0 Å². The van der Waals surface area contributed by atoms with Crippen LogP contribution in [0.15, 0.2) is 0 Å². The molecule has 8 nitrogen and oxygen atoms in total. The van der Waals surface area contributed by atoms with Crippen molar-refractivity contribution < 1.29 is 14.3 Å². The van der Waals surface area contributed by atoms with E-state index in [1.807, 2.05) is 27.7 Å². The highest BCUT2D eigenvalue weighted by Gasteiger charge is 2.58. The number of urea groups is 1. The van der Waals surface area contributed by atoms with Crippen molar-refractivity contribution in [3.05, 3.63) is 0 Å². The minimum absolute atomic E-state index is 0.243. The molecule has 3 heterocycles. The maximum Gasteiger partial charge on any atom is 0.323 e. The van der Waals surface area contributed by atoms with Gasteiger partial charge in [0, 0.05) is 11.1 Å². The van der Waals surface area contributed by atoms with Crippen LogP contribution in [0.4, 0.5) is 4.79 Å². The lowest BCUT2D eigenvalue weighted by Gasteiger charge is -2.45. The largest absolute Gasteiger partial charge is 0.328 e. The molecular weight excluding hydrogens is 250 g/mol. The molecule has 0 radical (unpaired) electrons.